The lowest BCUT2D eigenvalue weighted by molar-refractivity contribution is 1.40. The lowest BCUT2D eigenvalue weighted by Gasteiger charge is -1.92. The third-order valence-corrected chi connectivity index (χ3v) is 2.52. The highest BCUT2D eigenvalue weighted by Gasteiger charge is 1.90. The molecule has 0 unspecified atom stereocenters. The van der Waals surface area contributed by atoms with Crippen molar-refractivity contribution < 1.29 is 0 Å². The fourth-order valence-corrected chi connectivity index (χ4v) is 1.46. The van der Waals surface area contributed by atoms with Crippen molar-refractivity contribution >= 4 is 15.9 Å². The highest BCUT2D eigenvalue weighted by Crippen LogP contribution is 2.07. The molecular formula is C14H12BrN. The smallest absolute Gasteiger partial charge is 0.0991 e. The minimum Gasteiger partial charge on any atom is -0.192 e. The zero-order valence-electron chi connectivity index (χ0n) is 8.81. The van der Waals surface area contributed by atoms with Crippen LogP contribution in [0.25, 0.3) is 0 Å². The molecule has 0 saturated carbocycles. The van der Waals surface area contributed by atoms with E-state index in [9.17, 15) is 0 Å². The Morgan fingerprint density at radius 3 is 1.94 bits per heavy atom. The van der Waals surface area contributed by atoms with E-state index >= 15 is 0 Å². The van der Waals surface area contributed by atoms with Gasteiger partial charge in [-0.1, -0.05) is 64.5 Å². The SMILES string of the molecule is N#Cc1cccc(CBr)c1.c1ccccc1. The highest BCUT2D eigenvalue weighted by molar-refractivity contribution is 9.08. The Hall–Kier alpha value is -1.59. The Bertz CT molecular complexity index is 419. The van der Waals surface area contributed by atoms with Crippen LogP contribution in [-0.2, 0) is 5.33 Å². The Morgan fingerprint density at radius 2 is 1.50 bits per heavy atom. The second kappa shape index (κ2) is 7.67. The predicted octanol–water partition coefficient (Wildman–Crippen LogP) is 4.14. The average Bonchev–Trinajstić information content (AvgIpc) is 2.41. The second-order valence-electron chi connectivity index (χ2n) is 3.10. The number of hydrogen-bond acceptors (Lipinski definition) is 1. The van der Waals surface area contributed by atoms with Gasteiger partial charge in [-0.05, 0) is 17.7 Å². The normalized spacial score (nSPS) is 8.50. The van der Waals surface area contributed by atoms with E-state index in [4.69, 9.17) is 5.26 Å². The summed E-state index contributed by atoms with van der Waals surface area (Å²) in [5, 5.41) is 9.30. The van der Waals surface area contributed by atoms with Crippen molar-refractivity contribution in [3.63, 3.8) is 0 Å². The van der Waals surface area contributed by atoms with Crippen LogP contribution in [0.2, 0.25) is 0 Å². The van der Waals surface area contributed by atoms with Gasteiger partial charge in [-0.15, -0.1) is 0 Å². The molecule has 0 radical (unpaired) electrons. The predicted molar refractivity (Wildman–Crippen MR) is 70.2 cm³/mol. The van der Waals surface area contributed by atoms with Crippen molar-refractivity contribution in [2.75, 3.05) is 0 Å². The summed E-state index contributed by atoms with van der Waals surface area (Å²) in [5.41, 5.74) is 1.86. The van der Waals surface area contributed by atoms with Gasteiger partial charge in [0.05, 0.1) is 11.6 Å². The monoisotopic (exact) mass is 273 g/mol. The molecule has 2 aromatic rings. The van der Waals surface area contributed by atoms with E-state index in [2.05, 4.69) is 22.0 Å². The molecule has 0 aliphatic rings. The number of alkyl halides is 1. The first-order valence-corrected chi connectivity index (χ1v) is 6.04. The quantitative estimate of drug-likeness (QED) is 0.717. The van der Waals surface area contributed by atoms with Gasteiger partial charge >= 0.3 is 0 Å². The van der Waals surface area contributed by atoms with Gasteiger partial charge < -0.3 is 0 Å². The van der Waals surface area contributed by atoms with Gasteiger partial charge in [0.1, 0.15) is 0 Å². The number of nitriles is 1. The minimum absolute atomic E-state index is 0.719. The maximum absolute atomic E-state index is 8.49. The van der Waals surface area contributed by atoms with Gasteiger partial charge in [0.2, 0.25) is 0 Å². The number of benzene rings is 2. The molecule has 0 amide bonds. The largest absolute Gasteiger partial charge is 0.192 e. The van der Waals surface area contributed by atoms with Crippen LogP contribution in [0, 0.1) is 11.3 Å². The summed E-state index contributed by atoms with van der Waals surface area (Å²) >= 11 is 3.31. The van der Waals surface area contributed by atoms with Crippen LogP contribution in [0.15, 0.2) is 60.7 Å². The average molecular weight is 274 g/mol. The first-order chi connectivity index (χ1) is 7.86. The van der Waals surface area contributed by atoms with E-state index in [-0.39, 0.29) is 0 Å². The summed E-state index contributed by atoms with van der Waals surface area (Å²) in [6.07, 6.45) is 0. The summed E-state index contributed by atoms with van der Waals surface area (Å²) < 4.78 is 0. The highest BCUT2D eigenvalue weighted by atomic mass is 79.9. The van der Waals surface area contributed by atoms with Gasteiger partial charge in [-0.25, -0.2) is 0 Å². The first kappa shape index (κ1) is 12.5. The lowest BCUT2D eigenvalue weighted by Crippen LogP contribution is -1.78. The van der Waals surface area contributed by atoms with Gasteiger partial charge in [0, 0.05) is 5.33 Å². The van der Waals surface area contributed by atoms with Crippen LogP contribution >= 0.6 is 15.9 Å². The number of halogens is 1. The maximum atomic E-state index is 8.49. The van der Waals surface area contributed by atoms with E-state index in [1.165, 1.54) is 0 Å². The molecule has 2 aromatic carbocycles. The molecular weight excluding hydrogens is 262 g/mol. The Morgan fingerprint density at radius 1 is 0.938 bits per heavy atom. The fourth-order valence-electron chi connectivity index (χ4n) is 1.11. The van der Waals surface area contributed by atoms with Gasteiger partial charge in [0.25, 0.3) is 0 Å². The molecule has 2 heteroatoms. The van der Waals surface area contributed by atoms with E-state index < -0.39 is 0 Å². The van der Waals surface area contributed by atoms with Crippen molar-refractivity contribution in [3.05, 3.63) is 71.8 Å². The zero-order valence-corrected chi connectivity index (χ0v) is 10.4. The molecule has 0 aromatic heterocycles. The number of rotatable bonds is 1. The first-order valence-electron chi connectivity index (χ1n) is 4.92. The van der Waals surface area contributed by atoms with Crippen LogP contribution in [-0.4, -0.2) is 0 Å². The van der Waals surface area contributed by atoms with Crippen LogP contribution in [0.3, 0.4) is 0 Å². The minimum atomic E-state index is 0.719. The van der Waals surface area contributed by atoms with Crippen molar-refractivity contribution in [2.24, 2.45) is 0 Å². The Labute approximate surface area is 104 Å². The molecule has 0 fully saturated rings. The fraction of sp³-hybridized carbons (Fsp3) is 0.0714. The van der Waals surface area contributed by atoms with Crippen LogP contribution < -0.4 is 0 Å². The zero-order chi connectivity index (χ0) is 11.6. The third-order valence-electron chi connectivity index (χ3n) is 1.88. The van der Waals surface area contributed by atoms with Gasteiger partial charge in [-0.3, -0.25) is 0 Å². The molecule has 0 N–H and O–H groups in total. The van der Waals surface area contributed by atoms with E-state index in [1.54, 1.807) is 6.07 Å². The molecule has 2 rings (SSSR count). The summed E-state index contributed by atoms with van der Waals surface area (Å²) in [6, 6.07) is 21.6. The van der Waals surface area contributed by atoms with Crippen LogP contribution in [0.5, 0.6) is 0 Å². The second-order valence-corrected chi connectivity index (χ2v) is 3.66. The van der Waals surface area contributed by atoms with Crippen molar-refractivity contribution in [2.45, 2.75) is 5.33 Å². The summed E-state index contributed by atoms with van der Waals surface area (Å²) in [5.74, 6) is 0. The molecule has 0 heterocycles. The third kappa shape index (κ3) is 4.77. The maximum Gasteiger partial charge on any atom is 0.0991 e. The van der Waals surface area contributed by atoms with Crippen molar-refractivity contribution in [3.8, 4) is 6.07 Å². The van der Waals surface area contributed by atoms with Crippen molar-refractivity contribution in [1.29, 1.82) is 5.26 Å². The summed E-state index contributed by atoms with van der Waals surface area (Å²) in [4.78, 5) is 0. The summed E-state index contributed by atoms with van der Waals surface area (Å²) in [7, 11) is 0. The standard InChI is InChI=1S/C8H6BrN.C6H6/c9-5-7-2-1-3-8(4-7)6-10;1-2-4-6-5-3-1/h1-4H,5H2;1-6H. The lowest BCUT2D eigenvalue weighted by atomic mass is 10.2. The van der Waals surface area contributed by atoms with E-state index in [1.807, 2.05) is 54.6 Å². The van der Waals surface area contributed by atoms with Gasteiger partial charge in [-0.2, -0.15) is 5.26 Å². The molecule has 0 saturated heterocycles. The molecule has 16 heavy (non-hydrogen) atoms. The molecule has 0 aliphatic carbocycles. The van der Waals surface area contributed by atoms with Crippen molar-refractivity contribution in [1.82, 2.24) is 0 Å². The van der Waals surface area contributed by atoms with Crippen LogP contribution in [0.4, 0.5) is 0 Å². The van der Waals surface area contributed by atoms with Crippen LogP contribution in [0.1, 0.15) is 11.1 Å². The molecule has 0 bridgehead atoms. The molecule has 80 valence electrons. The van der Waals surface area contributed by atoms with E-state index in [0.717, 1.165) is 16.5 Å². The Kier molecular flexibility index (Phi) is 5.98. The molecule has 0 atom stereocenters. The number of nitrogens with zero attached hydrogens (tertiary/aromatic N) is 1. The Balaban J connectivity index is 0.000000181. The molecule has 0 spiro atoms. The van der Waals surface area contributed by atoms with E-state index in [0.29, 0.717) is 0 Å². The molecule has 0 aliphatic heterocycles. The molecule has 1 nitrogen and oxygen atoms in total. The summed E-state index contributed by atoms with van der Waals surface area (Å²) in [6.45, 7) is 0. The van der Waals surface area contributed by atoms with Gasteiger partial charge in [0.15, 0.2) is 0 Å². The number of hydrogen-bond donors (Lipinski definition) is 0. The topological polar surface area (TPSA) is 23.8 Å².